The van der Waals surface area contributed by atoms with Gasteiger partial charge in [0.15, 0.2) is 0 Å². The van der Waals surface area contributed by atoms with Crippen LogP contribution in [0.2, 0.25) is 0 Å². The summed E-state index contributed by atoms with van der Waals surface area (Å²) in [6, 6.07) is 9.24. The molecule has 3 fully saturated rings. The summed E-state index contributed by atoms with van der Waals surface area (Å²) < 4.78 is 0. The first-order valence-corrected chi connectivity index (χ1v) is 10.9. The monoisotopic (exact) mass is 382 g/mol. The predicted molar refractivity (Wildman–Crippen MR) is 106 cm³/mol. The second kappa shape index (κ2) is 8.46. The summed E-state index contributed by atoms with van der Waals surface area (Å²) in [5.74, 6) is -1.33. The molecule has 150 valence electrons. The van der Waals surface area contributed by atoms with Crippen molar-refractivity contribution in [3.8, 4) is 0 Å². The lowest BCUT2D eigenvalue weighted by atomic mass is 9.87. The van der Waals surface area contributed by atoms with Crippen molar-refractivity contribution in [2.45, 2.75) is 82.7 Å². The number of urea groups is 1. The van der Waals surface area contributed by atoms with Gasteiger partial charge in [-0.05, 0) is 37.7 Å². The number of carbonyl (C=O) groups excluding carboxylic acids is 3. The molecule has 0 aromatic heterocycles. The van der Waals surface area contributed by atoms with Gasteiger partial charge < -0.3 is 0 Å². The van der Waals surface area contributed by atoms with Crippen LogP contribution in [0, 0.1) is 5.92 Å². The Labute approximate surface area is 167 Å². The average Bonchev–Trinajstić information content (AvgIpc) is 2.74. The van der Waals surface area contributed by atoms with E-state index in [-0.39, 0.29) is 29.9 Å². The van der Waals surface area contributed by atoms with E-state index in [4.69, 9.17) is 0 Å². The standard InChI is InChI=1S/C23H30N2O3/c26-21-20(16-17-10-4-1-5-11-17)22(27)25(19-14-8-3-9-15-19)23(28)24(21)18-12-6-2-7-13-18/h1,4-5,10-11,18-20H,2-3,6-9,12-16H2. The molecule has 1 heterocycles. The van der Waals surface area contributed by atoms with Crippen molar-refractivity contribution in [2.24, 2.45) is 5.92 Å². The molecule has 3 aliphatic rings. The highest BCUT2D eigenvalue weighted by Crippen LogP contribution is 2.33. The minimum atomic E-state index is -0.774. The molecular weight excluding hydrogens is 352 g/mol. The van der Waals surface area contributed by atoms with Gasteiger partial charge in [-0.3, -0.25) is 19.4 Å². The number of benzene rings is 1. The zero-order chi connectivity index (χ0) is 19.5. The van der Waals surface area contributed by atoms with Crippen LogP contribution in [0.5, 0.6) is 0 Å². The highest BCUT2D eigenvalue weighted by Gasteiger charge is 2.50. The second-order valence-electron chi connectivity index (χ2n) is 8.53. The number of amides is 4. The molecule has 1 aromatic carbocycles. The Balaban J connectivity index is 1.64. The van der Waals surface area contributed by atoms with Crippen molar-refractivity contribution in [1.82, 2.24) is 9.80 Å². The van der Waals surface area contributed by atoms with Crippen LogP contribution in [0.25, 0.3) is 0 Å². The van der Waals surface area contributed by atoms with E-state index in [0.29, 0.717) is 6.42 Å². The third-order valence-corrected chi connectivity index (χ3v) is 6.65. The summed E-state index contributed by atoms with van der Waals surface area (Å²) >= 11 is 0. The Kier molecular flexibility index (Phi) is 5.79. The summed E-state index contributed by atoms with van der Waals surface area (Å²) in [5, 5.41) is 0. The first kappa shape index (κ1) is 19.2. The van der Waals surface area contributed by atoms with Crippen molar-refractivity contribution >= 4 is 17.8 Å². The lowest BCUT2D eigenvalue weighted by molar-refractivity contribution is -0.153. The van der Waals surface area contributed by atoms with Gasteiger partial charge in [-0.15, -0.1) is 0 Å². The maximum Gasteiger partial charge on any atom is 0.333 e. The van der Waals surface area contributed by atoms with Gasteiger partial charge in [-0.1, -0.05) is 68.9 Å². The zero-order valence-electron chi connectivity index (χ0n) is 16.5. The Morgan fingerprint density at radius 3 is 1.61 bits per heavy atom. The van der Waals surface area contributed by atoms with Crippen LogP contribution in [0.1, 0.15) is 69.8 Å². The summed E-state index contributed by atoms with van der Waals surface area (Å²) in [6.45, 7) is 0. The fourth-order valence-electron chi connectivity index (χ4n) is 5.12. The van der Waals surface area contributed by atoms with Gasteiger partial charge in [-0.2, -0.15) is 0 Å². The molecule has 28 heavy (non-hydrogen) atoms. The van der Waals surface area contributed by atoms with E-state index in [1.165, 1.54) is 9.80 Å². The van der Waals surface area contributed by atoms with Crippen molar-refractivity contribution in [3.63, 3.8) is 0 Å². The normalized spacial score (nSPS) is 23.5. The molecule has 0 unspecified atom stereocenters. The van der Waals surface area contributed by atoms with Crippen LogP contribution < -0.4 is 0 Å². The third-order valence-electron chi connectivity index (χ3n) is 6.65. The molecule has 4 rings (SSSR count). The number of hydrogen-bond donors (Lipinski definition) is 0. The Morgan fingerprint density at radius 2 is 1.14 bits per heavy atom. The van der Waals surface area contributed by atoms with Crippen molar-refractivity contribution in [3.05, 3.63) is 35.9 Å². The molecule has 1 aliphatic heterocycles. The average molecular weight is 383 g/mol. The number of carbonyl (C=O) groups is 3. The van der Waals surface area contributed by atoms with Crippen LogP contribution in [0.4, 0.5) is 4.79 Å². The van der Waals surface area contributed by atoms with E-state index >= 15 is 0 Å². The molecule has 1 aromatic rings. The predicted octanol–water partition coefficient (Wildman–Crippen LogP) is 4.30. The fraction of sp³-hybridized carbons (Fsp3) is 0.609. The number of rotatable bonds is 4. The summed E-state index contributed by atoms with van der Waals surface area (Å²) in [4.78, 5) is 43.0. The molecule has 0 radical (unpaired) electrons. The topological polar surface area (TPSA) is 57.7 Å². The lowest BCUT2D eigenvalue weighted by Crippen LogP contribution is -2.65. The molecule has 0 atom stereocenters. The molecule has 1 saturated heterocycles. The van der Waals surface area contributed by atoms with Crippen LogP contribution in [0.15, 0.2) is 30.3 Å². The van der Waals surface area contributed by atoms with Gasteiger partial charge in [0, 0.05) is 12.1 Å². The van der Waals surface area contributed by atoms with Crippen LogP contribution in [-0.2, 0) is 16.0 Å². The molecule has 4 amide bonds. The molecular formula is C23H30N2O3. The Hall–Kier alpha value is -2.17. The van der Waals surface area contributed by atoms with Crippen LogP contribution >= 0.6 is 0 Å². The van der Waals surface area contributed by atoms with Gasteiger partial charge in [0.25, 0.3) is 0 Å². The Bertz CT molecular complexity index is 681. The summed E-state index contributed by atoms with van der Waals surface area (Å²) in [7, 11) is 0. The molecule has 0 bridgehead atoms. The number of imide groups is 2. The minimum absolute atomic E-state index is 0.0498. The van der Waals surface area contributed by atoms with E-state index < -0.39 is 5.92 Å². The van der Waals surface area contributed by atoms with Gasteiger partial charge in [0.1, 0.15) is 5.92 Å². The molecule has 0 spiro atoms. The zero-order valence-corrected chi connectivity index (χ0v) is 16.5. The van der Waals surface area contributed by atoms with Gasteiger partial charge in [-0.25, -0.2) is 4.79 Å². The first-order valence-electron chi connectivity index (χ1n) is 10.9. The smallest absolute Gasteiger partial charge is 0.273 e. The second-order valence-corrected chi connectivity index (χ2v) is 8.53. The van der Waals surface area contributed by atoms with E-state index in [1.807, 2.05) is 30.3 Å². The van der Waals surface area contributed by atoms with Crippen molar-refractivity contribution in [1.29, 1.82) is 0 Å². The SMILES string of the molecule is O=C1C(Cc2ccccc2)C(=O)N(C2CCCCC2)C(=O)N1C1CCCCC1. The first-order chi connectivity index (χ1) is 13.7. The lowest BCUT2D eigenvalue weighted by Gasteiger charge is -2.45. The third kappa shape index (κ3) is 3.71. The van der Waals surface area contributed by atoms with E-state index in [9.17, 15) is 14.4 Å². The van der Waals surface area contributed by atoms with Gasteiger partial charge in [0.2, 0.25) is 11.8 Å². The number of hydrogen-bond acceptors (Lipinski definition) is 3. The van der Waals surface area contributed by atoms with Crippen LogP contribution in [0.3, 0.4) is 0 Å². The van der Waals surface area contributed by atoms with Crippen molar-refractivity contribution < 1.29 is 14.4 Å². The van der Waals surface area contributed by atoms with Crippen molar-refractivity contribution in [2.75, 3.05) is 0 Å². The number of barbiturate groups is 1. The highest BCUT2D eigenvalue weighted by molar-refractivity contribution is 6.16. The minimum Gasteiger partial charge on any atom is -0.273 e. The van der Waals surface area contributed by atoms with Gasteiger partial charge in [0.05, 0.1) is 0 Å². The summed E-state index contributed by atoms with van der Waals surface area (Å²) in [5.41, 5.74) is 0.968. The molecule has 5 nitrogen and oxygen atoms in total. The maximum atomic E-state index is 13.4. The number of nitrogens with zero attached hydrogens (tertiary/aromatic N) is 2. The van der Waals surface area contributed by atoms with Gasteiger partial charge >= 0.3 is 6.03 Å². The van der Waals surface area contributed by atoms with E-state index in [0.717, 1.165) is 69.8 Å². The Morgan fingerprint density at radius 1 is 0.679 bits per heavy atom. The van der Waals surface area contributed by atoms with E-state index in [2.05, 4.69) is 0 Å². The summed E-state index contributed by atoms with van der Waals surface area (Å²) in [6.07, 6.45) is 10.3. The largest absolute Gasteiger partial charge is 0.333 e. The molecule has 5 heteroatoms. The molecule has 0 N–H and O–H groups in total. The quantitative estimate of drug-likeness (QED) is 0.730. The fourth-order valence-corrected chi connectivity index (χ4v) is 5.12. The maximum absolute atomic E-state index is 13.4. The van der Waals surface area contributed by atoms with Crippen LogP contribution in [-0.4, -0.2) is 39.7 Å². The highest BCUT2D eigenvalue weighted by atomic mass is 16.2. The van der Waals surface area contributed by atoms with E-state index in [1.54, 1.807) is 0 Å². The molecule has 2 saturated carbocycles. The molecule has 2 aliphatic carbocycles.